The molecule has 2 aliphatic heterocycles. The van der Waals surface area contributed by atoms with Gasteiger partial charge < -0.3 is 0 Å². The van der Waals surface area contributed by atoms with Crippen LogP contribution in [0.5, 0.6) is 0 Å². The third kappa shape index (κ3) is 1.34. The summed E-state index contributed by atoms with van der Waals surface area (Å²) >= 11 is 0. The number of nitrogens with zero attached hydrogens (tertiary/aromatic N) is 1. The quantitative estimate of drug-likeness (QED) is 0.652. The lowest BCUT2D eigenvalue weighted by Crippen LogP contribution is -2.59. The molecule has 2 aliphatic rings. The zero-order chi connectivity index (χ0) is 13.8. The van der Waals surface area contributed by atoms with Gasteiger partial charge in [0.1, 0.15) is 17.8 Å². The van der Waals surface area contributed by atoms with Gasteiger partial charge in [0.15, 0.2) is 0 Å². The lowest BCUT2D eigenvalue weighted by Gasteiger charge is -2.49. The standard InChI is InChI=1S/C18H24N/c1-13(2)19-12-7-6-11-16(19)17-14(3)9-8-10-15(17)18(19,4)5/h6-11,13H,12H2,1-5H3/q+1. The first-order chi connectivity index (χ1) is 8.93. The van der Waals surface area contributed by atoms with E-state index in [1.165, 1.54) is 22.4 Å². The molecule has 100 valence electrons. The summed E-state index contributed by atoms with van der Waals surface area (Å²) in [6.45, 7) is 12.9. The normalized spacial score (nSPS) is 27.2. The first kappa shape index (κ1) is 12.7. The van der Waals surface area contributed by atoms with E-state index in [0.29, 0.717) is 6.04 Å². The van der Waals surface area contributed by atoms with Gasteiger partial charge in [-0.15, -0.1) is 0 Å². The van der Waals surface area contributed by atoms with Crippen LogP contribution in [0.2, 0.25) is 0 Å². The number of aryl methyl sites for hydroxylation is 1. The number of quaternary nitrogens is 1. The molecule has 0 amide bonds. The molecule has 1 nitrogen and oxygen atoms in total. The second-order valence-corrected chi connectivity index (χ2v) is 6.68. The summed E-state index contributed by atoms with van der Waals surface area (Å²) in [5, 5.41) is 0. The maximum atomic E-state index is 2.41. The summed E-state index contributed by atoms with van der Waals surface area (Å²) in [7, 11) is 0. The molecule has 1 unspecified atom stereocenters. The summed E-state index contributed by atoms with van der Waals surface area (Å²) in [6, 6.07) is 7.36. The van der Waals surface area contributed by atoms with Gasteiger partial charge in [-0.3, -0.25) is 4.48 Å². The van der Waals surface area contributed by atoms with E-state index < -0.39 is 0 Å². The first-order valence-corrected chi connectivity index (χ1v) is 7.28. The van der Waals surface area contributed by atoms with Gasteiger partial charge in [0.05, 0.1) is 6.04 Å². The molecule has 19 heavy (non-hydrogen) atoms. The highest BCUT2D eigenvalue weighted by Gasteiger charge is 2.57. The fourth-order valence-corrected chi connectivity index (χ4v) is 4.30. The maximum Gasteiger partial charge on any atom is 0.142 e. The van der Waals surface area contributed by atoms with E-state index in [9.17, 15) is 0 Å². The molecule has 0 N–H and O–H groups in total. The van der Waals surface area contributed by atoms with Crippen LogP contribution < -0.4 is 0 Å². The van der Waals surface area contributed by atoms with Crippen LogP contribution in [-0.4, -0.2) is 17.1 Å². The number of allylic oxidation sites excluding steroid dienone is 2. The molecule has 0 bridgehead atoms. The van der Waals surface area contributed by atoms with Gasteiger partial charge in [0.2, 0.25) is 0 Å². The SMILES string of the molecule is Cc1cccc2c1C1=CC=CC[N+]1(C(C)C)C2(C)C. The van der Waals surface area contributed by atoms with E-state index in [0.717, 1.165) is 11.0 Å². The molecule has 0 aromatic heterocycles. The van der Waals surface area contributed by atoms with Crippen LogP contribution in [0.4, 0.5) is 0 Å². The Labute approximate surface area is 116 Å². The topological polar surface area (TPSA) is 0 Å². The largest absolute Gasteiger partial charge is 0.277 e. The highest BCUT2D eigenvalue weighted by atomic mass is 15.4. The summed E-state index contributed by atoms with van der Waals surface area (Å²) in [4.78, 5) is 0. The van der Waals surface area contributed by atoms with Crippen molar-refractivity contribution in [2.45, 2.75) is 46.2 Å². The van der Waals surface area contributed by atoms with E-state index in [4.69, 9.17) is 0 Å². The van der Waals surface area contributed by atoms with Crippen molar-refractivity contribution in [3.63, 3.8) is 0 Å². The molecule has 0 radical (unpaired) electrons. The van der Waals surface area contributed by atoms with Crippen LogP contribution in [-0.2, 0) is 5.54 Å². The molecule has 3 rings (SSSR count). The van der Waals surface area contributed by atoms with Crippen LogP contribution in [0.25, 0.3) is 5.70 Å². The third-order valence-corrected chi connectivity index (χ3v) is 5.28. The van der Waals surface area contributed by atoms with E-state index in [1.54, 1.807) is 0 Å². The van der Waals surface area contributed by atoms with Crippen LogP contribution in [0.3, 0.4) is 0 Å². The molecule has 0 spiro atoms. The van der Waals surface area contributed by atoms with E-state index >= 15 is 0 Å². The Morgan fingerprint density at radius 1 is 1.21 bits per heavy atom. The molecule has 0 saturated heterocycles. The Bertz CT molecular complexity index is 590. The van der Waals surface area contributed by atoms with Crippen molar-refractivity contribution >= 4 is 5.70 Å². The van der Waals surface area contributed by atoms with Crippen molar-refractivity contribution in [3.8, 4) is 0 Å². The molecule has 1 aromatic rings. The molecule has 1 aromatic carbocycles. The van der Waals surface area contributed by atoms with Crippen molar-refractivity contribution in [2.75, 3.05) is 6.54 Å². The summed E-state index contributed by atoms with van der Waals surface area (Å²) in [6.07, 6.45) is 6.89. The average molecular weight is 254 g/mol. The Hall–Kier alpha value is -1.34. The lowest BCUT2D eigenvalue weighted by molar-refractivity contribution is -0.926. The van der Waals surface area contributed by atoms with Gasteiger partial charge in [-0.1, -0.05) is 24.3 Å². The predicted molar refractivity (Wildman–Crippen MR) is 81.6 cm³/mol. The molecule has 0 fully saturated rings. The van der Waals surface area contributed by atoms with Gasteiger partial charge in [-0.25, -0.2) is 0 Å². The minimum atomic E-state index is 0.145. The number of rotatable bonds is 1. The highest BCUT2D eigenvalue weighted by molar-refractivity contribution is 5.72. The van der Waals surface area contributed by atoms with E-state index in [2.05, 4.69) is 71.0 Å². The van der Waals surface area contributed by atoms with Crippen LogP contribution in [0, 0.1) is 6.92 Å². The number of hydrogen-bond acceptors (Lipinski definition) is 0. The van der Waals surface area contributed by atoms with Crippen molar-refractivity contribution in [1.82, 2.24) is 0 Å². The van der Waals surface area contributed by atoms with Crippen LogP contribution >= 0.6 is 0 Å². The zero-order valence-corrected chi connectivity index (χ0v) is 12.7. The lowest BCUT2D eigenvalue weighted by atomic mass is 9.90. The Balaban J connectivity index is 2.38. The van der Waals surface area contributed by atoms with E-state index in [-0.39, 0.29) is 5.54 Å². The van der Waals surface area contributed by atoms with E-state index in [1.807, 2.05) is 0 Å². The molecular formula is C18H24N+. The molecular weight excluding hydrogens is 230 g/mol. The van der Waals surface area contributed by atoms with Crippen molar-refractivity contribution in [2.24, 2.45) is 0 Å². The minimum absolute atomic E-state index is 0.145. The fourth-order valence-electron chi connectivity index (χ4n) is 4.30. The monoisotopic (exact) mass is 254 g/mol. The first-order valence-electron chi connectivity index (χ1n) is 7.28. The fraction of sp³-hybridized carbons (Fsp3) is 0.444. The Morgan fingerprint density at radius 2 is 1.95 bits per heavy atom. The van der Waals surface area contributed by atoms with Crippen molar-refractivity contribution in [3.05, 3.63) is 53.1 Å². The number of fused-ring (bicyclic) bond motifs is 3. The predicted octanol–water partition coefficient (Wildman–Crippen LogP) is 4.38. The van der Waals surface area contributed by atoms with Gasteiger partial charge in [0, 0.05) is 11.1 Å². The Morgan fingerprint density at radius 3 is 2.63 bits per heavy atom. The van der Waals surface area contributed by atoms with Crippen LogP contribution in [0.15, 0.2) is 36.4 Å². The smallest absolute Gasteiger partial charge is 0.142 e. The maximum absolute atomic E-state index is 2.41. The average Bonchev–Trinajstić information content (AvgIpc) is 2.58. The highest BCUT2D eigenvalue weighted by Crippen LogP contribution is 2.55. The minimum Gasteiger partial charge on any atom is -0.277 e. The van der Waals surface area contributed by atoms with Crippen molar-refractivity contribution in [1.29, 1.82) is 0 Å². The van der Waals surface area contributed by atoms with Gasteiger partial charge in [-0.05, 0) is 52.3 Å². The van der Waals surface area contributed by atoms with Crippen molar-refractivity contribution < 1.29 is 4.48 Å². The summed E-state index contributed by atoms with van der Waals surface area (Å²) in [5.41, 5.74) is 6.07. The third-order valence-electron chi connectivity index (χ3n) is 5.28. The van der Waals surface area contributed by atoms with Gasteiger partial charge in [0.25, 0.3) is 0 Å². The second-order valence-electron chi connectivity index (χ2n) is 6.68. The molecule has 0 saturated carbocycles. The molecule has 0 aliphatic carbocycles. The van der Waals surface area contributed by atoms with Gasteiger partial charge >= 0.3 is 0 Å². The molecule has 1 heteroatoms. The summed E-state index contributed by atoms with van der Waals surface area (Å²) < 4.78 is 1.06. The Kier molecular flexibility index (Phi) is 2.56. The van der Waals surface area contributed by atoms with Gasteiger partial charge in [-0.2, -0.15) is 0 Å². The molecule has 2 heterocycles. The number of hydrogen-bond donors (Lipinski definition) is 0. The molecule has 1 atom stereocenters. The summed E-state index contributed by atoms with van der Waals surface area (Å²) in [5.74, 6) is 0. The zero-order valence-electron chi connectivity index (χ0n) is 12.7. The van der Waals surface area contributed by atoms with Crippen LogP contribution in [0.1, 0.15) is 44.4 Å². The second kappa shape index (κ2) is 3.83. The number of benzene rings is 1.